The number of fused-ring (bicyclic) bond motifs is 1. The molecule has 30 heavy (non-hydrogen) atoms. The van der Waals surface area contributed by atoms with Crippen LogP contribution in [0.1, 0.15) is 38.8 Å². The Morgan fingerprint density at radius 1 is 1.17 bits per heavy atom. The van der Waals surface area contributed by atoms with Crippen LogP contribution in [-0.2, 0) is 0 Å². The van der Waals surface area contributed by atoms with Crippen LogP contribution in [0.5, 0.6) is 0 Å². The lowest BCUT2D eigenvalue weighted by molar-refractivity contribution is 0.0766. The van der Waals surface area contributed by atoms with E-state index in [0.29, 0.717) is 42.2 Å². The Kier molecular flexibility index (Phi) is 7.36. The number of aromatic amines is 1. The van der Waals surface area contributed by atoms with Gasteiger partial charge in [0.2, 0.25) is 0 Å². The van der Waals surface area contributed by atoms with Gasteiger partial charge in [0.05, 0.1) is 5.56 Å². The summed E-state index contributed by atoms with van der Waals surface area (Å²) in [6, 6.07) is 12.1. The molecule has 0 radical (unpaired) electrons. The van der Waals surface area contributed by atoms with Crippen molar-refractivity contribution in [2.24, 2.45) is 11.8 Å². The van der Waals surface area contributed by atoms with E-state index in [2.05, 4.69) is 48.1 Å². The van der Waals surface area contributed by atoms with E-state index in [-0.39, 0.29) is 36.3 Å². The van der Waals surface area contributed by atoms with Crippen LogP contribution in [0.15, 0.2) is 35.1 Å². The number of amides is 1. The van der Waals surface area contributed by atoms with Gasteiger partial charge in [-0.2, -0.15) is 5.26 Å². The molecule has 2 fully saturated rings. The van der Waals surface area contributed by atoms with Crippen molar-refractivity contribution in [1.29, 1.82) is 5.26 Å². The Morgan fingerprint density at radius 2 is 1.87 bits per heavy atom. The third-order valence-corrected chi connectivity index (χ3v) is 6.28. The quantitative estimate of drug-likeness (QED) is 0.764. The second-order valence-corrected chi connectivity index (χ2v) is 8.04. The van der Waals surface area contributed by atoms with E-state index in [1.54, 1.807) is 6.92 Å². The minimum atomic E-state index is -0.448. The molecule has 0 aliphatic carbocycles. The van der Waals surface area contributed by atoms with Crippen LogP contribution in [-0.4, -0.2) is 47.4 Å². The standard InChI is InChI=1S/C22H24N4O2.2ClH/c1-13-6-4-5-7-17(13)20-19-12-26(11-16(19)10-25(20)3)22(28)18-8-15(9-23)21(27)24-14(18)2;;/h4-8,16,19-20H,10-12H2,1-3H3,(H,24,27);2*1H/t16-,19+,20+;;/m0../s1. The molecule has 2 aromatic rings. The molecule has 1 N–H and O–H groups in total. The first-order valence-corrected chi connectivity index (χ1v) is 9.59. The van der Waals surface area contributed by atoms with Gasteiger partial charge in [-0.15, -0.1) is 24.8 Å². The topological polar surface area (TPSA) is 80.2 Å². The number of likely N-dealkylation sites (tertiary alicyclic amines) is 2. The van der Waals surface area contributed by atoms with Crippen LogP contribution in [0.2, 0.25) is 0 Å². The predicted octanol–water partition coefficient (Wildman–Crippen LogP) is 3.08. The third-order valence-electron chi connectivity index (χ3n) is 6.28. The lowest BCUT2D eigenvalue weighted by Gasteiger charge is -2.28. The molecule has 4 rings (SSSR count). The van der Waals surface area contributed by atoms with Gasteiger partial charge in [-0.25, -0.2) is 0 Å². The number of aromatic nitrogens is 1. The number of pyridine rings is 1. The molecule has 2 saturated heterocycles. The van der Waals surface area contributed by atoms with Gasteiger partial charge in [-0.3, -0.25) is 14.5 Å². The third kappa shape index (κ3) is 3.98. The number of carbonyl (C=O) groups excluding carboxylic acids is 1. The van der Waals surface area contributed by atoms with Gasteiger partial charge in [0.1, 0.15) is 11.6 Å². The molecule has 2 aliphatic heterocycles. The molecule has 0 bridgehead atoms. The molecule has 2 aliphatic rings. The SMILES string of the molecule is Cc1ccccc1[C@@H]1[C@@H]2CN(C(=O)c3cc(C#N)c(=O)[nH]c3C)C[C@@H]2CN1C.Cl.Cl. The number of halogens is 2. The summed E-state index contributed by atoms with van der Waals surface area (Å²) in [5.74, 6) is 0.705. The molecule has 1 amide bonds. The molecule has 160 valence electrons. The Balaban J connectivity index is 0.00000160. The summed E-state index contributed by atoms with van der Waals surface area (Å²) >= 11 is 0. The highest BCUT2D eigenvalue weighted by Crippen LogP contribution is 2.45. The van der Waals surface area contributed by atoms with Crippen molar-refractivity contribution < 1.29 is 4.79 Å². The monoisotopic (exact) mass is 448 g/mol. The van der Waals surface area contributed by atoms with Gasteiger partial charge < -0.3 is 9.88 Å². The average molecular weight is 449 g/mol. The lowest BCUT2D eigenvalue weighted by Crippen LogP contribution is -2.34. The zero-order chi connectivity index (χ0) is 20.0. The second kappa shape index (κ2) is 9.22. The molecular weight excluding hydrogens is 423 g/mol. The number of benzene rings is 1. The summed E-state index contributed by atoms with van der Waals surface area (Å²) in [5.41, 5.74) is 3.07. The second-order valence-electron chi connectivity index (χ2n) is 8.04. The minimum absolute atomic E-state index is 0. The maximum atomic E-state index is 13.2. The lowest BCUT2D eigenvalue weighted by atomic mass is 9.88. The van der Waals surface area contributed by atoms with Crippen molar-refractivity contribution in [2.45, 2.75) is 19.9 Å². The van der Waals surface area contributed by atoms with Crippen molar-refractivity contribution in [3.05, 3.63) is 68.6 Å². The molecule has 1 aromatic heterocycles. The smallest absolute Gasteiger partial charge is 0.266 e. The molecule has 1 aromatic carbocycles. The summed E-state index contributed by atoms with van der Waals surface area (Å²) < 4.78 is 0. The Hall–Kier alpha value is -2.33. The van der Waals surface area contributed by atoms with Gasteiger partial charge in [0, 0.05) is 37.3 Å². The summed E-state index contributed by atoms with van der Waals surface area (Å²) in [5, 5.41) is 9.13. The van der Waals surface area contributed by atoms with E-state index in [4.69, 9.17) is 5.26 Å². The van der Waals surface area contributed by atoms with Gasteiger partial charge in [0.15, 0.2) is 0 Å². The van der Waals surface area contributed by atoms with Crippen molar-refractivity contribution >= 4 is 30.7 Å². The van der Waals surface area contributed by atoms with E-state index >= 15 is 0 Å². The fraction of sp³-hybridized carbons (Fsp3) is 0.409. The normalized spacial score (nSPS) is 22.6. The number of H-pyrrole nitrogens is 1. The number of nitriles is 1. The Labute approximate surface area is 188 Å². The van der Waals surface area contributed by atoms with E-state index < -0.39 is 5.56 Å². The maximum absolute atomic E-state index is 13.2. The van der Waals surface area contributed by atoms with Crippen LogP contribution in [0.3, 0.4) is 0 Å². The van der Waals surface area contributed by atoms with Gasteiger partial charge in [-0.1, -0.05) is 24.3 Å². The molecule has 3 heterocycles. The number of aryl methyl sites for hydroxylation is 2. The maximum Gasteiger partial charge on any atom is 0.266 e. The van der Waals surface area contributed by atoms with Crippen LogP contribution in [0.25, 0.3) is 0 Å². The number of rotatable bonds is 2. The van der Waals surface area contributed by atoms with Gasteiger partial charge in [-0.05, 0) is 44.0 Å². The van der Waals surface area contributed by atoms with E-state index in [0.717, 1.165) is 6.54 Å². The highest BCUT2D eigenvalue weighted by molar-refractivity contribution is 5.95. The number of hydrogen-bond donors (Lipinski definition) is 1. The van der Waals surface area contributed by atoms with Crippen molar-refractivity contribution in [2.75, 3.05) is 26.7 Å². The molecule has 8 heteroatoms. The molecular formula is C22H26Cl2N4O2. The Morgan fingerprint density at radius 3 is 2.53 bits per heavy atom. The summed E-state index contributed by atoms with van der Waals surface area (Å²) in [6.45, 7) is 6.20. The first-order chi connectivity index (χ1) is 13.4. The Bertz CT molecular complexity index is 1050. The van der Waals surface area contributed by atoms with E-state index in [1.165, 1.54) is 17.2 Å². The van der Waals surface area contributed by atoms with Crippen LogP contribution in [0.4, 0.5) is 0 Å². The average Bonchev–Trinajstić information content (AvgIpc) is 3.19. The minimum Gasteiger partial charge on any atom is -0.338 e. The fourth-order valence-electron chi connectivity index (χ4n) is 4.91. The molecule has 3 atom stereocenters. The van der Waals surface area contributed by atoms with Crippen molar-refractivity contribution in [1.82, 2.24) is 14.8 Å². The van der Waals surface area contributed by atoms with Gasteiger partial charge >= 0.3 is 0 Å². The summed E-state index contributed by atoms with van der Waals surface area (Å²) in [4.78, 5) is 31.9. The number of nitrogens with one attached hydrogen (secondary N) is 1. The van der Waals surface area contributed by atoms with Crippen LogP contribution in [0, 0.1) is 37.0 Å². The number of nitrogens with zero attached hydrogens (tertiary/aromatic N) is 3. The highest BCUT2D eigenvalue weighted by Gasteiger charge is 2.47. The summed E-state index contributed by atoms with van der Waals surface area (Å²) in [7, 11) is 2.16. The number of carbonyl (C=O) groups is 1. The first kappa shape index (κ1) is 23.9. The number of hydrogen-bond acceptors (Lipinski definition) is 4. The molecule has 0 saturated carbocycles. The van der Waals surface area contributed by atoms with Crippen LogP contribution < -0.4 is 5.56 Å². The molecule has 6 nitrogen and oxygen atoms in total. The van der Waals surface area contributed by atoms with Gasteiger partial charge in [0.25, 0.3) is 11.5 Å². The highest BCUT2D eigenvalue weighted by atomic mass is 35.5. The van der Waals surface area contributed by atoms with Crippen LogP contribution >= 0.6 is 24.8 Å². The zero-order valence-corrected chi connectivity index (χ0v) is 18.8. The fourth-order valence-corrected chi connectivity index (χ4v) is 4.91. The zero-order valence-electron chi connectivity index (χ0n) is 17.2. The molecule has 0 spiro atoms. The largest absolute Gasteiger partial charge is 0.338 e. The molecule has 0 unspecified atom stereocenters. The predicted molar refractivity (Wildman–Crippen MR) is 120 cm³/mol. The van der Waals surface area contributed by atoms with Crippen molar-refractivity contribution in [3.8, 4) is 6.07 Å². The van der Waals surface area contributed by atoms with E-state index in [1.807, 2.05) is 11.0 Å². The van der Waals surface area contributed by atoms with Crippen molar-refractivity contribution in [3.63, 3.8) is 0 Å². The summed E-state index contributed by atoms with van der Waals surface area (Å²) in [6.07, 6.45) is 0. The first-order valence-electron chi connectivity index (χ1n) is 9.59. The van der Waals surface area contributed by atoms with E-state index in [9.17, 15) is 9.59 Å².